The van der Waals surface area contributed by atoms with Crippen molar-refractivity contribution in [1.29, 1.82) is 0 Å². The van der Waals surface area contributed by atoms with Gasteiger partial charge in [-0.2, -0.15) is 15.0 Å². The maximum atomic E-state index is 5.77. The molecule has 6 heteroatoms. The summed E-state index contributed by atoms with van der Waals surface area (Å²) in [6, 6.07) is 0.243. The van der Waals surface area contributed by atoms with E-state index in [0.29, 0.717) is 11.4 Å². The Balaban J connectivity index is 1.97. The molecule has 0 atom stereocenters. The number of nitrogens with zero attached hydrogens (tertiary/aromatic N) is 3. The van der Waals surface area contributed by atoms with Gasteiger partial charge < -0.3 is 10.1 Å². The molecule has 17 heavy (non-hydrogen) atoms. The standard InChI is InChI=1S/C11H17ClN4O/c1-3-4-11(5-6-11)7-13-9-14-8(12)15-10(16-9)17-2/h3-7H2,1-2H3,(H,13,14,15,16). The van der Waals surface area contributed by atoms with E-state index in [1.807, 2.05) is 0 Å². The maximum Gasteiger partial charge on any atom is 0.322 e. The number of rotatable bonds is 6. The van der Waals surface area contributed by atoms with Crippen LogP contribution in [0.5, 0.6) is 6.01 Å². The van der Waals surface area contributed by atoms with Crippen LogP contribution in [-0.2, 0) is 0 Å². The van der Waals surface area contributed by atoms with Gasteiger partial charge in [0.05, 0.1) is 7.11 Å². The second-order valence-electron chi connectivity index (χ2n) is 4.52. The van der Waals surface area contributed by atoms with Gasteiger partial charge in [-0.05, 0) is 36.3 Å². The summed E-state index contributed by atoms with van der Waals surface area (Å²) in [7, 11) is 1.51. The Labute approximate surface area is 106 Å². The number of hydrogen-bond acceptors (Lipinski definition) is 5. The van der Waals surface area contributed by atoms with E-state index < -0.39 is 0 Å². The van der Waals surface area contributed by atoms with Crippen molar-refractivity contribution in [3.63, 3.8) is 0 Å². The van der Waals surface area contributed by atoms with E-state index >= 15 is 0 Å². The lowest BCUT2D eigenvalue weighted by atomic mass is 10.0. The van der Waals surface area contributed by atoms with Gasteiger partial charge >= 0.3 is 6.01 Å². The first kappa shape index (κ1) is 12.4. The normalized spacial score (nSPS) is 16.6. The fraction of sp³-hybridized carbons (Fsp3) is 0.727. The average molecular weight is 257 g/mol. The first-order valence-corrected chi connectivity index (χ1v) is 6.25. The molecule has 0 radical (unpaired) electrons. The minimum Gasteiger partial charge on any atom is -0.467 e. The van der Waals surface area contributed by atoms with Crippen LogP contribution in [0.15, 0.2) is 0 Å². The lowest BCUT2D eigenvalue weighted by molar-refractivity contribution is 0.378. The summed E-state index contributed by atoms with van der Waals surface area (Å²) in [5.41, 5.74) is 0.446. The summed E-state index contributed by atoms with van der Waals surface area (Å²) in [5.74, 6) is 0.490. The van der Waals surface area contributed by atoms with Crippen LogP contribution in [0, 0.1) is 5.41 Å². The molecule has 0 amide bonds. The lowest BCUT2D eigenvalue weighted by Crippen LogP contribution is -2.17. The lowest BCUT2D eigenvalue weighted by Gasteiger charge is -2.14. The summed E-state index contributed by atoms with van der Waals surface area (Å²) in [6.45, 7) is 3.10. The zero-order valence-electron chi connectivity index (χ0n) is 10.2. The van der Waals surface area contributed by atoms with E-state index in [1.54, 1.807) is 0 Å². The van der Waals surface area contributed by atoms with E-state index in [9.17, 15) is 0 Å². The topological polar surface area (TPSA) is 59.9 Å². The molecule has 0 saturated heterocycles. The molecular weight excluding hydrogens is 240 g/mol. The molecule has 0 aliphatic heterocycles. The van der Waals surface area contributed by atoms with E-state index in [0.717, 1.165) is 6.54 Å². The van der Waals surface area contributed by atoms with Crippen molar-refractivity contribution in [3.8, 4) is 6.01 Å². The molecule has 0 unspecified atom stereocenters. The van der Waals surface area contributed by atoms with Crippen molar-refractivity contribution < 1.29 is 4.74 Å². The Morgan fingerprint density at radius 2 is 2.12 bits per heavy atom. The van der Waals surface area contributed by atoms with Crippen molar-refractivity contribution in [3.05, 3.63) is 5.28 Å². The third-order valence-electron chi connectivity index (χ3n) is 3.13. The minimum absolute atomic E-state index is 0.152. The number of hydrogen-bond donors (Lipinski definition) is 1. The monoisotopic (exact) mass is 256 g/mol. The highest BCUT2D eigenvalue weighted by Crippen LogP contribution is 2.49. The van der Waals surface area contributed by atoms with Crippen molar-refractivity contribution in [2.45, 2.75) is 32.6 Å². The number of halogens is 1. The van der Waals surface area contributed by atoms with E-state index in [2.05, 4.69) is 27.2 Å². The van der Waals surface area contributed by atoms with Crippen LogP contribution in [0.4, 0.5) is 5.95 Å². The number of methoxy groups -OCH3 is 1. The Morgan fingerprint density at radius 1 is 1.35 bits per heavy atom. The predicted molar refractivity (Wildman–Crippen MR) is 66.5 cm³/mol. The van der Waals surface area contributed by atoms with Crippen LogP contribution < -0.4 is 10.1 Å². The molecule has 5 nitrogen and oxygen atoms in total. The quantitative estimate of drug-likeness (QED) is 0.848. The van der Waals surface area contributed by atoms with Gasteiger partial charge in [-0.25, -0.2) is 0 Å². The van der Waals surface area contributed by atoms with Gasteiger partial charge in [-0.1, -0.05) is 13.3 Å². The zero-order valence-corrected chi connectivity index (χ0v) is 10.9. The molecule has 1 saturated carbocycles. The second kappa shape index (κ2) is 5.04. The molecule has 1 heterocycles. The van der Waals surface area contributed by atoms with Crippen LogP contribution in [0.1, 0.15) is 32.6 Å². The highest BCUT2D eigenvalue weighted by Gasteiger charge is 2.41. The number of aromatic nitrogens is 3. The highest BCUT2D eigenvalue weighted by atomic mass is 35.5. The third-order valence-corrected chi connectivity index (χ3v) is 3.30. The zero-order chi connectivity index (χ0) is 12.3. The van der Waals surface area contributed by atoms with Gasteiger partial charge in [0.1, 0.15) is 0 Å². The fourth-order valence-electron chi connectivity index (χ4n) is 1.99. The number of anilines is 1. The summed E-state index contributed by atoms with van der Waals surface area (Å²) in [4.78, 5) is 12.0. The maximum absolute atomic E-state index is 5.77. The van der Waals surface area contributed by atoms with E-state index in [1.165, 1.54) is 32.8 Å². The first-order chi connectivity index (χ1) is 8.17. The molecule has 1 aromatic rings. The third kappa shape index (κ3) is 3.19. The minimum atomic E-state index is 0.152. The molecule has 1 fully saturated rings. The van der Waals surface area contributed by atoms with Crippen LogP contribution in [0.25, 0.3) is 0 Å². The van der Waals surface area contributed by atoms with E-state index in [4.69, 9.17) is 16.3 Å². The van der Waals surface area contributed by atoms with Crippen LogP contribution in [0.3, 0.4) is 0 Å². The van der Waals surface area contributed by atoms with Crippen LogP contribution in [0.2, 0.25) is 5.28 Å². The molecule has 1 aliphatic carbocycles. The molecule has 0 spiro atoms. The summed E-state index contributed by atoms with van der Waals surface area (Å²) in [5, 5.41) is 3.37. The Morgan fingerprint density at radius 3 is 2.71 bits per heavy atom. The second-order valence-corrected chi connectivity index (χ2v) is 4.86. The number of nitrogens with one attached hydrogen (secondary N) is 1. The molecule has 1 N–H and O–H groups in total. The van der Waals surface area contributed by atoms with Gasteiger partial charge in [0, 0.05) is 6.54 Å². The Bertz CT molecular complexity index is 395. The SMILES string of the molecule is CCCC1(CNc2nc(Cl)nc(OC)n2)CC1. The van der Waals surface area contributed by atoms with Gasteiger partial charge in [-0.15, -0.1) is 0 Å². The summed E-state index contributed by atoms with van der Waals surface area (Å²) >= 11 is 5.77. The van der Waals surface area contributed by atoms with Crippen molar-refractivity contribution in [2.24, 2.45) is 5.41 Å². The van der Waals surface area contributed by atoms with Gasteiger partial charge in [0.2, 0.25) is 11.2 Å². The number of ether oxygens (including phenoxy) is 1. The first-order valence-electron chi connectivity index (χ1n) is 5.87. The largest absolute Gasteiger partial charge is 0.467 e. The fourth-order valence-corrected chi connectivity index (χ4v) is 2.14. The van der Waals surface area contributed by atoms with Crippen LogP contribution in [-0.4, -0.2) is 28.6 Å². The Kier molecular flexibility index (Phi) is 3.66. The van der Waals surface area contributed by atoms with Crippen molar-refractivity contribution in [1.82, 2.24) is 15.0 Å². The molecule has 94 valence electrons. The summed E-state index contributed by atoms with van der Waals surface area (Å²) < 4.78 is 4.94. The molecule has 0 bridgehead atoms. The molecule has 2 rings (SSSR count). The smallest absolute Gasteiger partial charge is 0.322 e. The van der Waals surface area contributed by atoms with Crippen molar-refractivity contribution >= 4 is 17.5 Å². The molecule has 1 aromatic heterocycles. The van der Waals surface area contributed by atoms with Gasteiger partial charge in [-0.3, -0.25) is 0 Å². The predicted octanol–water partition coefficient (Wildman–Crippen LogP) is 2.53. The van der Waals surface area contributed by atoms with Gasteiger partial charge in [0.15, 0.2) is 0 Å². The molecule has 0 aromatic carbocycles. The average Bonchev–Trinajstić information content (AvgIpc) is 3.07. The highest BCUT2D eigenvalue weighted by molar-refractivity contribution is 6.28. The van der Waals surface area contributed by atoms with Crippen molar-refractivity contribution in [2.75, 3.05) is 19.0 Å². The van der Waals surface area contributed by atoms with E-state index in [-0.39, 0.29) is 11.3 Å². The Hall–Kier alpha value is -1.10. The summed E-state index contributed by atoms with van der Waals surface area (Å²) in [6.07, 6.45) is 5.02. The molecule has 1 aliphatic rings. The van der Waals surface area contributed by atoms with Crippen LogP contribution >= 0.6 is 11.6 Å². The molecular formula is C11H17ClN4O. The van der Waals surface area contributed by atoms with Gasteiger partial charge in [0.25, 0.3) is 0 Å².